The van der Waals surface area contributed by atoms with Gasteiger partial charge in [-0.1, -0.05) is 0 Å². The van der Waals surface area contributed by atoms with Crippen molar-refractivity contribution < 1.29 is 0 Å². The fourth-order valence-corrected chi connectivity index (χ4v) is 2.90. The van der Waals surface area contributed by atoms with Crippen LogP contribution in [0.1, 0.15) is 5.56 Å². The van der Waals surface area contributed by atoms with E-state index in [2.05, 4.69) is 45.8 Å². The Hall–Kier alpha value is -0.631. The number of hydrogen-bond donors (Lipinski definition) is 0. The first-order valence-electron chi connectivity index (χ1n) is 3.99. The Morgan fingerprint density at radius 2 is 2.38 bits per heavy atom. The monoisotopic (exact) mass is 255 g/mol. The summed E-state index contributed by atoms with van der Waals surface area (Å²) in [6, 6.07) is 6.29. The van der Waals surface area contributed by atoms with Crippen molar-refractivity contribution in [3.8, 4) is 0 Å². The number of para-hydroxylation sites is 1. The third kappa shape index (κ3) is 1.68. The van der Waals surface area contributed by atoms with E-state index in [1.165, 1.54) is 10.3 Å². The van der Waals surface area contributed by atoms with Gasteiger partial charge in [-0.05, 0) is 0 Å². The van der Waals surface area contributed by atoms with Gasteiger partial charge in [-0.3, -0.25) is 0 Å². The van der Waals surface area contributed by atoms with E-state index < -0.39 is 0 Å². The molecule has 0 saturated carbocycles. The quantitative estimate of drug-likeness (QED) is 0.585. The van der Waals surface area contributed by atoms with Gasteiger partial charge in [-0.25, -0.2) is 0 Å². The molecule has 66 valence electrons. The first kappa shape index (κ1) is 8.95. The van der Waals surface area contributed by atoms with Crippen molar-refractivity contribution in [2.45, 2.75) is 6.42 Å². The van der Waals surface area contributed by atoms with E-state index in [9.17, 15) is 0 Å². The molecule has 2 rings (SSSR count). The van der Waals surface area contributed by atoms with Crippen LogP contribution in [0.5, 0.6) is 0 Å². The molecule has 0 aliphatic rings. The molecule has 0 radical (unpaired) electrons. The molecule has 1 aromatic carbocycles. The number of hydrogen-bond acceptors (Lipinski definition) is 2. The zero-order chi connectivity index (χ0) is 9.26. The summed E-state index contributed by atoms with van der Waals surface area (Å²) in [6.07, 6.45) is 2.81. The number of allylic oxidation sites excluding steroid dienone is 1. The maximum atomic E-state index is 4.47. The van der Waals surface area contributed by atoms with Gasteiger partial charge in [-0.2, -0.15) is 0 Å². The van der Waals surface area contributed by atoms with Crippen molar-refractivity contribution in [1.29, 1.82) is 0 Å². The number of fused-ring (bicyclic) bond motifs is 1. The molecule has 1 aromatic heterocycles. The zero-order valence-electron chi connectivity index (χ0n) is 7.03. The van der Waals surface area contributed by atoms with E-state index >= 15 is 0 Å². The molecule has 0 fully saturated rings. The summed E-state index contributed by atoms with van der Waals surface area (Å²) in [5.74, 6) is 0. The van der Waals surface area contributed by atoms with Gasteiger partial charge >= 0.3 is 89.3 Å². The van der Waals surface area contributed by atoms with Gasteiger partial charge in [0.25, 0.3) is 0 Å². The molecule has 0 atom stereocenters. The van der Waals surface area contributed by atoms with Crippen molar-refractivity contribution in [1.82, 2.24) is 4.98 Å². The Kier molecular flexibility index (Phi) is 2.49. The Morgan fingerprint density at radius 3 is 3.15 bits per heavy atom. The van der Waals surface area contributed by atoms with Gasteiger partial charge in [-0.15, -0.1) is 0 Å². The minimum atomic E-state index is 0.896. The Morgan fingerprint density at radius 1 is 1.54 bits per heavy atom. The van der Waals surface area contributed by atoms with Gasteiger partial charge in [0.15, 0.2) is 0 Å². The summed E-state index contributed by atoms with van der Waals surface area (Å²) in [7, 11) is 0. The van der Waals surface area contributed by atoms with E-state index in [0.29, 0.717) is 0 Å². The molecule has 0 N–H and O–H groups in total. The molecular formula is C10H9NSSe. The predicted molar refractivity (Wildman–Crippen MR) is 60.3 cm³/mol. The van der Waals surface area contributed by atoms with E-state index in [1.54, 1.807) is 11.3 Å². The summed E-state index contributed by atoms with van der Waals surface area (Å²) >= 11 is 4.21. The molecule has 0 unspecified atom stereocenters. The Bertz CT molecular complexity index is 447. The number of aromatic nitrogens is 1. The van der Waals surface area contributed by atoms with Crippen LogP contribution in [0.2, 0.25) is 0 Å². The van der Waals surface area contributed by atoms with Gasteiger partial charge in [0.05, 0.1) is 0 Å². The number of rotatable bonds is 2. The average Bonchev–Trinajstić information content (AvgIpc) is 2.47. The van der Waals surface area contributed by atoms with Gasteiger partial charge in [0, 0.05) is 0 Å². The Balaban J connectivity index is 2.67. The van der Waals surface area contributed by atoms with Gasteiger partial charge in [0.1, 0.15) is 0 Å². The molecule has 1 heterocycles. The molecule has 0 saturated heterocycles. The molecule has 0 amide bonds. The van der Waals surface area contributed by atoms with Crippen molar-refractivity contribution in [2.24, 2.45) is 0 Å². The van der Waals surface area contributed by atoms with Crippen LogP contribution in [-0.4, -0.2) is 21.0 Å². The molecule has 1 nitrogen and oxygen atoms in total. The number of nitrogens with zero attached hydrogens (tertiary/aromatic N) is 1. The van der Waals surface area contributed by atoms with Gasteiger partial charge < -0.3 is 0 Å². The van der Waals surface area contributed by atoms with Crippen molar-refractivity contribution in [3.05, 3.63) is 36.4 Å². The van der Waals surface area contributed by atoms with Gasteiger partial charge in [0.2, 0.25) is 0 Å². The van der Waals surface area contributed by atoms with E-state index in [1.807, 2.05) is 6.08 Å². The summed E-state index contributed by atoms with van der Waals surface area (Å²) in [5.41, 5.74) is 2.39. The molecule has 0 aliphatic carbocycles. The van der Waals surface area contributed by atoms with Crippen LogP contribution >= 0.6 is 11.3 Å². The first-order chi connectivity index (χ1) is 6.31. The molecular weight excluding hydrogens is 245 g/mol. The average molecular weight is 254 g/mol. The second-order valence-corrected chi connectivity index (χ2v) is 5.33. The van der Waals surface area contributed by atoms with E-state index in [-0.39, 0.29) is 0 Å². The maximum absolute atomic E-state index is 4.47. The topological polar surface area (TPSA) is 12.9 Å². The van der Waals surface area contributed by atoms with Crippen LogP contribution in [-0.2, 0) is 6.42 Å². The normalized spacial score (nSPS) is 10.5. The van der Waals surface area contributed by atoms with Crippen molar-refractivity contribution in [2.75, 3.05) is 0 Å². The number of thiazole rings is 1. The molecule has 3 heteroatoms. The summed E-state index contributed by atoms with van der Waals surface area (Å²) in [6.45, 7) is 3.74. The van der Waals surface area contributed by atoms with Crippen LogP contribution in [0.4, 0.5) is 0 Å². The molecule has 0 aliphatic heterocycles. The number of benzene rings is 1. The second-order valence-electron chi connectivity index (χ2n) is 2.75. The van der Waals surface area contributed by atoms with E-state index in [4.69, 9.17) is 0 Å². The predicted octanol–water partition coefficient (Wildman–Crippen LogP) is 1.55. The van der Waals surface area contributed by atoms with Crippen molar-refractivity contribution in [3.63, 3.8) is 0 Å². The first-order valence-corrected chi connectivity index (χ1v) is 5.75. The molecule has 13 heavy (non-hydrogen) atoms. The summed E-state index contributed by atoms with van der Waals surface area (Å²) < 4.78 is 2.33. The minimum absolute atomic E-state index is 0.896. The SMILES string of the molecule is C=CCc1cccc2sc([SeH])nc12. The Labute approximate surface area is 89.3 Å². The standard InChI is InChI=1S/C10H9NSSe/c1-2-4-7-5-3-6-8-9(7)11-10(13)12-8/h2-3,5-6H,1,4H2,(H,11,13). The zero-order valence-corrected chi connectivity index (χ0v) is 9.72. The van der Waals surface area contributed by atoms with Crippen LogP contribution in [0.25, 0.3) is 10.2 Å². The fraction of sp³-hybridized carbons (Fsp3) is 0.100. The molecule has 0 bridgehead atoms. The summed E-state index contributed by atoms with van der Waals surface area (Å²) in [4.78, 5) is 4.47. The molecule has 0 spiro atoms. The summed E-state index contributed by atoms with van der Waals surface area (Å²) in [5, 5.41) is 0. The third-order valence-electron chi connectivity index (χ3n) is 1.86. The second kappa shape index (κ2) is 3.62. The van der Waals surface area contributed by atoms with E-state index in [0.717, 1.165) is 15.8 Å². The van der Waals surface area contributed by atoms with Crippen LogP contribution in [0, 0.1) is 0 Å². The molecule has 2 aromatic rings. The fourth-order valence-electron chi connectivity index (χ4n) is 1.31. The van der Waals surface area contributed by atoms with Crippen LogP contribution in [0.15, 0.2) is 30.9 Å². The van der Waals surface area contributed by atoms with Crippen molar-refractivity contribution >= 4 is 41.5 Å². The van der Waals surface area contributed by atoms with Crippen LogP contribution < -0.4 is 3.91 Å². The van der Waals surface area contributed by atoms with Crippen LogP contribution in [0.3, 0.4) is 0 Å². The third-order valence-corrected chi connectivity index (χ3v) is 3.46.